The number of aliphatic hydroxyl groups excluding tert-OH is 1. The topological polar surface area (TPSA) is 49.3 Å². The highest BCUT2D eigenvalue weighted by Gasteiger charge is 2.39. The Morgan fingerprint density at radius 1 is 1.41 bits per heavy atom. The lowest BCUT2D eigenvalue weighted by molar-refractivity contribution is -0.117. The van der Waals surface area contributed by atoms with Crippen LogP contribution in [-0.4, -0.2) is 11.0 Å². The number of nitrogens with one attached hydrogen (secondary N) is 1. The maximum absolute atomic E-state index is 11.8. The number of carbonyl (C=O) groups excluding carboxylic acids is 1. The average Bonchev–Trinajstić information content (AvgIpc) is 2.99. The van der Waals surface area contributed by atoms with Gasteiger partial charge in [0.15, 0.2) is 0 Å². The molecule has 1 aliphatic carbocycles. The number of hydrogen-bond donors (Lipinski definition) is 2. The van der Waals surface area contributed by atoms with E-state index in [0.717, 1.165) is 28.8 Å². The van der Waals surface area contributed by atoms with E-state index in [0.29, 0.717) is 5.92 Å². The summed E-state index contributed by atoms with van der Waals surface area (Å²) in [6, 6.07) is 3.87. The Bertz CT molecular complexity index is 454. The molecule has 2 unspecified atom stereocenters. The molecule has 0 aliphatic heterocycles. The van der Waals surface area contributed by atoms with Crippen LogP contribution < -0.4 is 5.32 Å². The van der Waals surface area contributed by atoms with E-state index in [1.54, 1.807) is 0 Å². The molecular weight excluding hydrogens is 214 g/mol. The predicted octanol–water partition coefficient (Wildman–Crippen LogP) is 2.39. The van der Waals surface area contributed by atoms with Crippen LogP contribution in [0.4, 0.5) is 5.69 Å². The minimum atomic E-state index is 0.00875. The first-order valence-corrected chi connectivity index (χ1v) is 6.04. The molecule has 17 heavy (non-hydrogen) atoms. The van der Waals surface area contributed by atoms with Crippen LogP contribution in [0.3, 0.4) is 0 Å². The number of aryl methyl sites for hydroxylation is 2. The van der Waals surface area contributed by atoms with Crippen molar-refractivity contribution < 1.29 is 9.90 Å². The lowest BCUT2D eigenvalue weighted by Crippen LogP contribution is -2.15. The highest BCUT2D eigenvalue weighted by Crippen LogP contribution is 2.38. The number of rotatable bonds is 3. The van der Waals surface area contributed by atoms with Crippen LogP contribution in [0.1, 0.15) is 30.0 Å². The number of amides is 1. The van der Waals surface area contributed by atoms with Gasteiger partial charge in [0, 0.05) is 11.6 Å². The van der Waals surface area contributed by atoms with Crippen LogP contribution in [0.5, 0.6) is 0 Å². The summed E-state index contributed by atoms with van der Waals surface area (Å²) in [7, 11) is 0. The van der Waals surface area contributed by atoms with Gasteiger partial charge in [0.2, 0.25) is 5.91 Å². The molecular formula is C14H19NO2. The Labute approximate surface area is 102 Å². The summed E-state index contributed by atoms with van der Waals surface area (Å²) < 4.78 is 0. The van der Waals surface area contributed by atoms with Crippen molar-refractivity contribution in [3.63, 3.8) is 0 Å². The Morgan fingerprint density at radius 3 is 2.59 bits per heavy atom. The van der Waals surface area contributed by atoms with Crippen molar-refractivity contribution in [1.29, 1.82) is 0 Å². The van der Waals surface area contributed by atoms with Gasteiger partial charge >= 0.3 is 0 Å². The Hall–Kier alpha value is -1.35. The predicted molar refractivity (Wildman–Crippen MR) is 67.7 cm³/mol. The maximum atomic E-state index is 11.8. The van der Waals surface area contributed by atoms with Gasteiger partial charge in [-0.05, 0) is 48.9 Å². The molecule has 0 saturated heterocycles. The van der Waals surface area contributed by atoms with E-state index in [9.17, 15) is 9.90 Å². The van der Waals surface area contributed by atoms with E-state index in [-0.39, 0.29) is 18.4 Å². The van der Waals surface area contributed by atoms with Crippen molar-refractivity contribution in [2.24, 2.45) is 11.8 Å². The summed E-state index contributed by atoms with van der Waals surface area (Å²) in [6.07, 6.45) is 0.990. The van der Waals surface area contributed by atoms with E-state index in [2.05, 4.69) is 12.2 Å². The Balaban J connectivity index is 2.17. The maximum Gasteiger partial charge on any atom is 0.227 e. The van der Waals surface area contributed by atoms with E-state index in [1.165, 1.54) is 0 Å². The second kappa shape index (κ2) is 4.49. The van der Waals surface area contributed by atoms with E-state index in [4.69, 9.17) is 0 Å². The molecule has 1 aromatic rings. The molecule has 1 amide bonds. The largest absolute Gasteiger partial charge is 0.392 e. The second-order valence-electron chi connectivity index (χ2n) is 5.06. The number of carbonyl (C=O) groups is 1. The lowest BCUT2D eigenvalue weighted by Gasteiger charge is -2.12. The zero-order valence-electron chi connectivity index (χ0n) is 10.6. The molecule has 1 saturated carbocycles. The van der Waals surface area contributed by atoms with Crippen LogP contribution in [0.2, 0.25) is 0 Å². The Kier molecular flexibility index (Phi) is 3.20. The third-order valence-electron chi connectivity index (χ3n) is 3.56. The first-order chi connectivity index (χ1) is 8.02. The monoisotopic (exact) mass is 233 g/mol. The third-order valence-corrected chi connectivity index (χ3v) is 3.56. The zero-order chi connectivity index (χ0) is 12.6. The van der Waals surface area contributed by atoms with Gasteiger partial charge in [-0.25, -0.2) is 0 Å². The minimum Gasteiger partial charge on any atom is -0.392 e. The van der Waals surface area contributed by atoms with Gasteiger partial charge < -0.3 is 10.4 Å². The van der Waals surface area contributed by atoms with E-state index >= 15 is 0 Å². The van der Waals surface area contributed by atoms with Gasteiger partial charge in [0.25, 0.3) is 0 Å². The second-order valence-corrected chi connectivity index (χ2v) is 5.06. The van der Waals surface area contributed by atoms with Crippen molar-refractivity contribution in [2.75, 3.05) is 5.32 Å². The molecule has 1 aliphatic rings. The number of benzene rings is 1. The summed E-state index contributed by atoms with van der Waals surface area (Å²) in [4.78, 5) is 11.8. The summed E-state index contributed by atoms with van der Waals surface area (Å²) >= 11 is 0. The number of anilines is 1. The van der Waals surface area contributed by atoms with Crippen LogP contribution in [0.15, 0.2) is 12.1 Å². The lowest BCUT2D eigenvalue weighted by atomic mass is 10.0. The van der Waals surface area contributed by atoms with E-state index in [1.807, 2.05) is 26.0 Å². The highest BCUT2D eigenvalue weighted by atomic mass is 16.3. The first kappa shape index (κ1) is 12.1. The molecule has 3 heteroatoms. The normalized spacial score (nSPS) is 22.4. The first-order valence-electron chi connectivity index (χ1n) is 6.04. The zero-order valence-corrected chi connectivity index (χ0v) is 10.6. The van der Waals surface area contributed by atoms with Gasteiger partial charge in [-0.1, -0.05) is 13.0 Å². The standard InChI is InChI=1S/C14H19NO2/c1-8-4-10(3)13(6-11(8)7-16)15-14(17)12-5-9(12)2/h4,6,9,12,16H,5,7H2,1-3H3,(H,15,17). The fourth-order valence-corrected chi connectivity index (χ4v) is 2.11. The molecule has 0 radical (unpaired) electrons. The quantitative estimate of drug-likeness (QED) is 0.842. The summed E-state index contributed by atoms with van der Waals surface area (Å²) in [5.41, 5.74) is 3.79. The summed E-state index contributed by atoms with van der Waals surface area (Å²) in [6.45, 7) is 6.04. The van der Waals surface area contributed by atoms with Crippen LogP contribution in [0, 0.1) is 25.7 Å². The molecule has 3 nitrogen and oxygen atoms in total. The molecule has 2 N–H and O–H groups in total. The molecule has 2 rings (SSSR count). The molecule has 0 heterocycles. The van der Waals surface area contributed by atoms with Gasteiger partial charge in [0.05, 0.1) is 6.61 Å². The van der Waals surface area contributed by atoms with Crippen LogP contribution >= 0.6 is 0 Å². The molecule has 0 spiro atoms. The van der Waals surface area contributed by atoms with Gasteiger partial charge in [0.1, 0.15) is 0 Å². The molecule has 1 fully saturated rings. The third kappa shape index (κ3) is 2.50. The van der Waals surface area contributed by atoms with Crippen LogP contribution in [0.25, 0.3) is 0 Å². The van der Waals surface area contributed by atoms with Crippen molar-refractivity contribution in [2.45, 2.75) is 33.8 Å². The molecule has 0 aromatic heterocycles. The van der Waals surface area contributed by atoms with Crippen LogP contribution in [-0.2, 0) is 11.4 Å². The number of hydrogen-bond acceptors (Lipinski definition) is 2. The minimum absolute atomic E-state index is 0.00875. The molecule has 1 aromatic carbocycles. The smallest absolute Gasteiger partial charge is 0.227 e. The summed E-state index contributed by atoms with van der Waals surface area (Å²) in [5.74, 6) is 0.791. The van der Waals surface area contributed by atoms with Crippen molar-refractivity contribution in [3.05, 3.63) is 28.8 Å². The van der Waals surface area contributed by atoms with Gasteiger partial charge in [-0.15, -0.1) is 0 Å². The fraction of sp³-hybridized carbons (Fsp3) is 0.500. The molecule has 92 valence electrons. The van der Waals surface area contributed by atoms with Crippen molar-refractivity contribution in [3.8, 4) is 0 Å². The fourth-order valence-electron chi connectivity index (χ4n) is 2.11. The summed E-state index contributed by atoms with van der Waals surface area (Å²) in [5, 5.41) is 12.2. The van der Waals surface area contributed by atoms with E-state index < -0.39 is 0 Å². The molecule has 0 bridgehead atoms. The van der Waals surface area contributed by atoms with Crippen molar-refractivity contribution >= 4 is 11.6 Å². The van der Waals surface area contributed by atoms with Gasteiger partial charge in [-0.2, -0.15) is 0 Å². The van der Waals surface area contributed by atoms with Gasteiger partial charge in [-0.3, -0.25) is 4.79 Å². The average molecular weight is 233 g/mol. The molecule has 2 atom stereocenters. The Morgan fingerprint density at radius 2 is 2.06 bits per heavy atom. The number of aliphatic hydroxyl groups is 1. The van der Waals surface area contributed by atoms with Crippen molar-refractivity contribution in [1.82, 2.24) is 0 Å². The SMILES string of the molecule is Cc1cc(C)c(NC(=O)C2CC2C)cc1CO. The highest BCUT2D eigenvalue weighted by molar-refractivity contribution is 5.95.